The van der Waals surface area contributed by atoms with Gasteiger partial charge in [0, 0.05) is 17.6 Å². The lowest BCUT2D eigenvalue weighted by Gasteiger charge is -2.17. The Morgan fingerprint density at radius 1 is 1.16 bits per heavy atom. The fourth-order valence-electron chi connectivity index (χ4n) is 4.35. The predicted octanol–water partition coefficient (Wildman–Crippen LogP) is 3.47. The zero-order chi connectivity index (χ0) is 22.1. The minimum absolute atomic E-state index is 0.0740. The molecular formula is C22H23BrN6O3. The third-order valence-corrected chi connectivity index (χ3v) is 6.53. The molecule has 4 heterocycles. The number of pyridine rings is 2. The number of carbonyl (C=O) groups excluding carboxylic acids is 1. The topological polar surface area (TPSA) is 111 Å². The smallest absolute Gasteiger partial charge is 0.328 e. The Bertz CT molecular complexity index is 1200. The number of aromatic nitrogens is 4. The van der Waals surface area contributed by atoms with E-state index < -0.39 is 0 Å². The second-order valence-corrected chi connectivity index (χ2v) is 9.01. The summed E-state index contributed by atoms with van der Waals surface area (Å²) in [6.45, 7) is 0.832. The lowest BCUT2D eigenvalue weighted by Crippen LogP contribution is -2.34. The molecule has 1 saturated carbocycles. The van der Waals surface area contributed by atoms with Gasteiger partial charge in [-0.15, -0.1) is 0 Å². The molecule has 0 unspecified atom stereocenters. The Balaban J connectivity index is 1.37. The number of hydrogen-bond acceptors (Lipinski definition) is 8. The van der Waals surface area contributed by atoms with Gasteiger partial charge in [-0.05, 0) is 66.4 Å². The normalized spacial score (nSPS) is 18.8. The number of hydrogen-bond donors (Lipinski definition) is 2. The van der Waals surface area contributed by atoms with E-state index in [0.717, 1.165) is 50.5 Å². The zero-order valence-electron chi connectivity index (χ0n) is 17.4. The summed E-state index contributed by atoms with van der Waals surface area (Å²) >= 11 is 3.38. The van der Waals surface area contributed by atoms with E-state index in [1.165, 1.54) is 6.20 Å². The van der Waals surface area contributed by atoms with Gasteiger partial charge in [0.15, 0.2) is 0 Å². The number of nitrogens with one attached hydrogen (secondary N) is 2. The highest BCUT2D eigenvalue weighted by Crippen LogP contribution is 2.31. The Kier molecular flexibility index (Phi) is 5.88. The molecule has 1 atom stereocenters. The van der Waals surface area contributed by atoms with Crippen molar-refractivity contribution in [3.8, 4) is 5.75 Å². The summed E-state index contributed by atoms with van der Waals surface area (Å²) in [5, 5.41) is 6.98. The van der Waals surface area contributed by atoms with Gasteiger partial charge >= 0.3 is 5.97 Å². The highest BCUT2D eigenvalue weighted by Gasteiger charge is 2.24. The Morgan fingerprint density at radius 3 is 2.72 bits per heavy atom. The zero-order valence-corrected chi connectivity index (χ0v) is 19.0. The van der Waals surface area contributed by atoms with Crippen molar-refractivity contribution in [2.45, 2.75) is 50.6 Å². The lowest BCUT2D eigenvalue weighted by atomic mass is 10.2. The van der Waals surface area contributed by atoms with Gasteiger partial charge in [0.05, 0.1) is 10.7 Å². The summed E-state index contributed by atoms with van der Waals surface area (Å²) in [4.78, 5) is 38.3. The number of anilines is 2. The van der Waals surface area contributed by atoms with Crippen molar-refractivity contribution in [1.29, 1.82) is 0 Å². The van der Waals surface area contributed by atoms with Crippen LogP contribution in [0.1, 0.15) is 44.6 Å². The van der Waals surface area contributed by atoms with Crippen molar-refractivity contribution < 1.29 is 9.53 Å². The maximum atomic E-state index is 12.8. The summed E-state index contributed by atoms with van der Waals surface area (Å²) in [5.41, 5.74) is 0.535. The molecule has 0 bridgehead atoms. The van der Waals surface area contributed by atoms with E-state index in [-0.39, 0.29) is 23.6 Å². The molecule has 1 saturated heterocycles. The van der Waals surface area contributed by atoms with Crippen LogP contribution in [0, 0.1) is 0 Å². The van der Waals surface area contributed by atoms with Crippen molar-refractivity contribution >= 4 is 44.7 Å². The molecule has 0 spiro atoms. The number of rotatable bonds is 5. The molecule has 2 N–H and O–H groups in total. The van der Waals surface area contributed by atoms with E-state index in [9.17, 15) is 9.59 Å². The molecule has 32 heavy (non-hydrogen) atoms. The van der Waals surface area contributed by atoms with E-state index in [0.29, 0.717) is 27.6 Å². The van der Waals surface area contributed by atoms with Crippen LogP contribution in [0.2, 0.25) is 0 Å². The Morgan fingerprint density at radius 2 is 2.00 bits per heavy atom. The molecule has 166 valence electrons. The van der Waals surface area contributed by atoms with Crippen molar-refractivity contribution in [2.24, 2.45) is 0 Å². The largest absolute Gasteiger partial charge is 0.424 e. The molecule has 2 aliphatic rings. The molecule has 10 heteroatoms. The van der Waals surface area contributed by atoms with Gasteiger partial charge in [0.25, 0.3) is 5.56 Å². The molecule has 3 aromatic rings. The number of ether oxygens (including phenoxy) is 1. The fraction of sp³-hybridized carbons (Fsp3) is 0.409. The van der Waals surface area contributed by atoms with E-state index in [4.69, 9.17) is 4.74 Å². The highest BCUT2D eigenvalue weighted by atomic mass is 79.9. The fourth-order valence-corrected chi connectivity index (χ4v) is 4.79. The minimum atomic E-state index is -0.293. The molecular weight excluding hydrogens is 476 g/mol. The molecule has 1 aliphatic carbocycles. The summed E-state index contributed by atoms with van der Waals surface area (Å²) in [6, 6.07) is 5.02. The third kappa shape index (κ3) is 4.24. The average Bonchev–Trinajstić information content (AvgIpc) is 3.51. The van der Waals surface area contributed by atoms with Crippen LogP contribution in [0.15, 0.2) is 39.9 Å². The van der Waals surface area contributed by atoms with Crippen molar-refractivity contribution in [2.75, 3.05) is 11.9 Å². The highest BCUT2D eigenvalue weighted by molar-refractivity contribution is 9.10. The van der Waals surface area contributed by atoms with Crippen LogP contribution in [0.3, 0.4) is 0 Å². The molecule has 0 aromatic carbocycles. The number of fused-ring (bicyclic) bond motifs is 1. The van der Waals surface area contributed by atoms with Crippen molar-refractivity contribution in [3.63, 3.8) is 0 Å². The number of carbonyl (C=O) groups is 1. The molecule has 3 aromatic heterocycles. The third-order valence-electron chi connectivity index (χ3n) is 5.96. The number of esters is 1. The maximum Gasteiger partial charge on any atom is 0.328 e. The van der Waals surface area contributed by atoms with Crippen LogP contribution in [-0.4, -0.2) is 38.1 Å². The van der Waals surface area contributed by atoms with Crippen molar-refractivity contribution in [3.05, 3.63) is 45.4 Å². The lowest BCUT2D eigenvalue weighted by molar-refractivity contribution is -0.136. The molecule has 0 amide bonds. The monoisotopic (exact) mass is 498 g/mol. The molecule has 2 fully saturated rings. The second-order valence-electron chi connectivity index (χ2n) is 8.15. The van der Waals surface area contributed by atoms with E-state index >= 15 is 0 Å². The number of halogens is 1. The first kappa shape index (κ1) is 21.0. The first-order chi connectivity index (χ1) is 15.6. The van der Waals surface area contributed by atoms with Crippen LogP contribution in [0.4, 0.5) is 11.8 Å². The van der Waals surface area contributed by atoms with Gasteiger partial charge in [-0.3, -0.25) is 9.36 Å². The summed E-state index contributed by atoms with van der Waals surface area (Å²) < 4.78 is 7.69. The molecule has 0 radical (unpaired) electrons. The van der Waals surface area contributed by atoms with Gasteiger partial charge < -0.3 is 15.4 Å². The Hall–Kier alpha value is -2.85. The Labute approximate surface area is 192 Å². The number of nitrogens with zero attached hydrogens (tertiary/aromatic N) is 4. The van der Waals surface area contributed by atoms with Gasteiger partial charge in [-0.2, -0.15) is 4.98 Å². The van der Waals surface area contributed by atoms with Crippen LogP contribution in [0.25, 0.3) is 11.0 Å². The summed E-state index contributed by atoms with van der Waals surface area (Å²) in [7, 11) is 0. The van der Waals surface area contributed by atoms with Gasteiger partial charge in [0.1, 0.15) is 23.3 Å². The van der Waals surface area contributed by atoms with Gasteiger partial charge in [-0.25, -0.2) is 14.8 Å². The molecule has 9 nitrogen and oxygen atoms in total. The van der Waals surface area contributed by atoms with E-state index in [1.54, 1.807) is 29.0 Å². The molecule has 5 rings (SSSR count). The van der Waals surface area contributed by atoms with Crippen molar-refractivity contribution in [1.82, 2.24) is 24.8 Å². The summed E-state index contributed by atoms with van der Waals surface area (Å²) in [5.74, 6) is 0.945. The average molecular weight is 499 g/mol. The van der Waals surface area contributed by atoms with Crippen LogP contribution < -0.4 is 20.9 Å². The predicted molar refractivity (Wildman–Crippen MR) is 123 cm³/mol. The molecule has 1 aliphatic heterocycles. The SMILES string of the molecule is O=C(Oc1ccc(Nc2ncc3cc(Br)c(=O)n(C4CCCC4)c3n2)nc1)[C@@H]1CCCN1. The standard InChI is InChI=1S/C22H23BrN6O3/c23-16-10-13-11-26-22(28-19(13)29(20(16)30)14-4-1-2-5-14)27-18-8-7-15(12-25-18)32-21(31)17-6-3-9-24-17/h7-8,10-12,14,17,24H,1-6,9H2,(H,25,26,27,28)/t17-/m0/s1. The second kappa shape index (κ2) is 8.95. The van der Waals surface area contributed by atoms with E-state index in [2.05, 4.69) is 41.5 Å². The van der Waals surface area contributed by atoms with Crippen LogP contribution >= 0.6 is 15.9 Å². The van der Waals surface area contributed by atoms with E-state index in [1.807, 2.05) is 0 Å². The van der Waals surface area contributed by atoms with Crippen LogP contribution in [-0.2, 0) is 4.79 Å². The van der Waals surface area contributed by atoms with Gasteiger partial charge in [-0.1, -0.05) is 12.8 Å². The minimum Gasteiger partial charge on any atom is -0.424 e. The van der Waals surface area contributed by atoms with Gasteiger partial charge in [0.2, 0.25) is 5.95 Å². The summed E-state index contributed by atoms with van der Waals surface area (Å²) in [6.07, 6.45) is 9.10. The first-order valence-corrected chi connectivity index (χ1v) is 11.6. The first-order valence-electron chi connectivity index (χ1n) is 10.8. The van der Waals surface area contributed by atoms with Crippen LogP contribution in [0.5, 0.6) is 5.75 Å². The quantitative estimate of drug-likeness (QED) is 0.514. The maximum absolute atomic E-state index is 12.8.